The van der Waals surface area contributed by atoms with Gasteiger partial charge in [0.15, 0.2) is 18.1 Å². The van der Waals surface area contributed by atoms with Gasteiger partial charge < -0.3 is 24.6 Å². The van der Waals surface area contributed by atoms with E-state index < -0.39 is 11.5 Å². The number of nitrogens with one attached hydrogen (secondary N) is 1. The zero-order chi connectivity index (χ0) is 16.7. The summed E-state index contributed by atoms with van der Waals surface area (Å²) >= 11 is 0. The molecule has 2 N–H and O–H groups in total. The molecule has 0 aromatic heterocycles. The standard InChI is InChI=1S/C16H21NO6/c1-21-12-4-2-3-5-13(12)23-11-14(18)17-16(10-15(19)20)6-8-22-9-7-16/h2-5H,6-11H2,1H3,(H,17,18)(H,19,20). The third kappa shape index (κ3) is 4.85. The summed E-state index contributed by atoms with van der Waals surface area (Å²) in [6, 6.07) is 7.01. The molecule has 0 unspecified atom stereocenters. The van der Waals surface area contributed by atoms with Crippen molar-refractivity contribution < 1.29 is 28.9 Å². The monoisotopic (exact) mass is 323 g/mol. The molecule has 0 aliphatic carbocycles. The highest BCUT2D eigenvalue weighted by atomic mass is 16.5. The molecule has 1 aromatic carbocycles. The quantitative estimate of drug-likeness (QED) is 0.783. The van der Waals surface area contributed by atoms with Crippen molar-refractivity contribution in [1.29, 1.82) is 0 Å². The van der Waals surface area contributed by atoms with E-state index in [0.29, 0.717) is 37.6 Å². The lowest BCUT2D eigenvalue weighted by Gasteiger charge is -2.36. The van der Waals surface area contributed by atoms with Crippen molar-refractivity contribution in [3.05, 3.63) is 24.3 Å². The minimum absolute atomic E-state index is 0.128. The van der Waals surface area contributed by atoms with E-state index in [9.17, 15) is 9.59 Å². The number of hydrogen-bond donors (Lipinski definition) is 2. The van der Waals surface area contributed by atoms with Gasteiger partial charge in [0.1, 0.15) is 0 Å². The van der Waals surface area contributed by atoms with Crippen molar-refractivity contribution in [3.63, 3.8) is 0 Å². The minimum atomic E-state index is -0.946. The van der Waals surface area contributed by atoms with E-state index in [-0.39, 0.29) is 18.9 Å². The van der Waals surface area contributed by atoms with Crippen molar-refractivity contribution in [2.75, 3.05) is 26.9 Å². The second-order valence-corrected chi connectivity index (χ2v) is 5.45. The number of rotatable bonds is 7. The van der Waals surface area contributed by atoms with Gasteiger partial charge in [-0.3, -0.25) is 9.59 Å². The highest BCUT2D eigenvalue weighted by molar-refractivity contribution is 5.79. The van der Waals surface area contributed by atoms with Crippen molar-refractivity contribution in [3.8, 4) is 11.5 Å². The third-order valence-corrected chi connectivity index (χ3v) is 3.77. The Balaban J connectivity index is 1.95. The largest absolute Gasteiger partial charge is 0.493 e. The van der Waals surface area contributed by atoms with E-state index >= 15 is 0 Å². The minimum Gasteiger partial charge on any atom is -0.493 e. The Morgan fingerprint density at radius 1 is 1.26 bits per heavy atom. The molecule has 1 saturated heterocycles. The summed E-state index contributed by atoms with van der Waals surface area (Å²) in [4.78, 5) is 23.2. The molecule has 1 amide bonds. The molecule has 1 heterocycles. The second-order valence-electron chi connectivity index (χ2n) is 5.45. The number of benzene rings is 1. The lowest BCUT2D eigenvalue weighted by Crippen LogP contribution is -2.54. The number of para-hydroxylation sites is 2. The first kappa shape index (κ1) is 17.1. The van der Waals surface area contributed by atoms with E-state index in [1.807, 2.05) is 0 Å². The highest BCUT2D eigenvalue weighted by Crippen LogP contribution is 2.26. The fourth-order valence-electron chi connectivity index (χ4n) is 2.61. The summed E-state index contributed by atoms with van der Waals surface area (Å²) in [7, 11) is 1.52. The van der Waals surface area contributed by atoms with Gasteiger partial charge in [-0.15, -0.1) is 0 Å². The fraction of sp³-hybridized carbons (Fsp3) is 0.500. The van der Waals surface area contributed by atoms with Crippen LogP contribution in [0, 0.1) is 0 Å². The average molecular weight is 323 g/mol. The second kappa shape index (κ2) is 7.82. The first-order valence-corrected chi connectivity index (χ1v) is 7.41. The van der Waals surface area contributed by atoms with Crippen LogP contribution in [0.1, 0.15) is 19.3 Å². The number of methoxy groups -OCH3 is 1. The van der Waals surface area contributed by atoms with Crippen molar-refractivity contribution in [2.24, 2.45) is 0 Å². The molecular weight excluding hydrogens is 302 g/mol. The number of carboxylic acid groups (broad SMARTS) is 1. The topological polar surface area (TPSA) is 94.1 Å². The molecule has 0 atom stereocenters. The molecule has 7 heteroatoms. The maximum absolute atomic E-state index is 12.2. The molecule has 0 bridgehead atoms. The SMILES string of the molecule is COc1ccccc1OCC(=O)NC1(CC(=O)O)CCOCC1. The Labute approximate surface area is 134 Å². The van der Waals surface area contributed by atoms with Gasteiger partial charge >= 0.3 is 5.97 Å². The zero-order valence-electron chi connectivity index (χ0n) is 13.0. The van der Waals surface area contributed by atoms with Crippen LogP contribution in [0.2, 0.25) is 0 Å². The van der Waals surface area contributed by atoms with E-state index in [1.165, 1.54) is 7.11 Å². The van der Waals surface area contributed by atoms with Gasteiger partial charge in [-0.25, -0.2) is 0 Å². The van der Waals surface area contributed by atoms with E-state index in [2.05, 4.69) is 5.32 Å². The van der Waals surface area contributed by atoms with Crippen LogP contribution in [0.5, 0.6) is 11.5 Å². The molecule has 23 heavy (non-hydrogen) atoms. The fourth-order valence-corrected chi connectivity index (χ4v) is 2.61. The molecule has 1 aromatic rings. The van der Waals surface area contributed by atoms with E-state index in [4.69, 9.17) is 19.3 Å². The molecule has 0 saturated carbocycles. The van der Waals surface area contributed by atoms with Crippen LogP contribution in [0.4, 0.5) is 0 Å². The van der Waals surface area contributed by atoms with Crippen LogP contribution in [-0.2, 0) is 14.3 Å². The predicted octanol–water partition coefficient (Wildman–Crippen LogP) is 1.21. The lowest BCUT2D eigenvalue weighted by atomic mass is 9.86. The van der Waals surface area contributed by atoms with Gasteiger partial charge in [-0.2, -0.15) is 0 Å². The van der Waals surface area contributed by atoms with E-state index in [0.717, 1.165) is 0 Å². The number of carboxylic acids is 1. The summed E-state index contributed by atoms with van der Waals surface area (Å²) in [5.41, 5.74) is -0.773. The van der Waals surface area contributed by atoms with Gasteiger partial charge in [0.25, 0.3) is 5.91 Å². The highest BCUT2D eigenvalue weighted by Gasteiger charge is 2.36. The first-order valence-electron chi connectivity index (χ1n) is 7.41. The van der Waals surface area contributed by atoms with Crippen LogP contribution >= 0.6 is 0 Å². The molecular formula is C16H21NO6. The normalized spacial score (nSPS) is 16.4. The Hall–Kier alpha value is -2.28. The number of aliphatic carboxylic acids is 1. The van der Waals surface area contributed by atoms with Crippen LogP contribution < -0.4 is 14.8 Å². The van der Waals surface area contributed by atoms with Crippen LogP contribution in [0.3, 0.4) is 0 Å². The van der Waals surface area contributed by atoms with Crippen LogP contribution in [-0.4, -0.2) is 49.5 Å². The Morgan fingerprint density at radius 2 is 1.91 bits per heavy atom. The lowest BCUT2D eigenvalue weighted by molar-refractivity contribution is -0.140. The maximum atomic E-state index is 12.2. The Morgan fingerprint density at radius 3 is 2.52 bits per heavy atom. The molecule has 126 valence electrons. The van der Waals surface area contributed by atoms with E-state index in [1.54, 1.807) is 24.3 Å². The first-order chi connectivity index (χ1) is 11.0. The number of carbonyl (C=O) groups excluding carboxylic acids is 1. The van der Waals surface area contributed by atoms with Crippen LogP contribution in [0.25, 0.3) is 0 Å². The number of hydrogen-bond acceptors (Lipinski definition) is 5. The molecule has 0 radical (unpaired) electrons. The Bertz CT molecular complexity index is 553. The Kier molecular flexibility index (Phi) is 5.81. The van der Waals surface area contributed by atoms with Gasteiger partial charge in [0, 0.05) is 13.2 Å². The smallest absolute Gasteiger partial charge is 0.305 e. The molecule has 1 aliphatic rings. The van der Waals surface area contributed by atoms with Crippen molar-refractivity contribution >= 4 is 11.9 Å². The summed E-state index contributed by atoms with van der Waals surface area (Å²) in [6.07, 6.45) is 0.816. The number of amides is 1. The molecule has 1 aliphatic heterocycles. The van der Waals surface area contributed by atoms with Crippen molar-refractivity contribution in [2.45, 2.75) is 24.8 Å². The molecule has 0 spiro atoms. The van der Waals surface area contributed by atoms with Crippen molar-refractivity contribution in [1.82, 2.24) is 5.32 Å². The predicted molar refractivity (Wildman–Crippen MR) is 81.7 cm³/mol. The van der Waals surface area contributed by atoms with Gasteiger partial charge in [0.2, 0.25) is 0 Å². The summed E-state index contributed by atoms with van der Waals surface area (Å²) < 4.78 is 15.9. The summed E-state index contributed by atoms with van der Waals surface area (Å²) in [5.74, 6) is -0.312. The van der Waals surface area contributed by atoms with Gasteiger partial charge in [-0.05, 0) is 25.0 Å². The average Bonchev–Trinajstić information content (AvgIpc) is 2.53. The summed E-state index contributed by atoms with van der Waals surface area (Å²) in [6.45, 7) is 0.657. The van der Waals surface area contributed by atoms with Gasteiger partial charge in [0.05, 0.1) is 19.1 Å². The number of carbonyl (C=O) groups is 2. The third-order valence-electron chi connectivity index (χ3n) is 3.77. The van der Waals surface area contributed by atoms with Gasteiger partial charge in [-0.1, -0.05) is 12.1 Å². The molecule has 2 rings (SSSR count). The summed E-state index contributed by atoms with van der Waals surface area (Å²) in [5, 5.41) is 11.9. The molecule has 1 fully saturated rings. The zero-order valence-corrected chi connectivity index (χ0v) is 13.0. The number of ether oxygens (including phenoxy) is 3. The molecule has 7 nitrogen and oxygen atoms in total. The van der Waals surface area contributed by atoms with Crippen LogP contribution in [0.15, 0.2) is 24.3 Å². The maximum Gasteiger partial charge on any atom is 0.305 e.